The van der Waals surface area contributed by atoms with Gasteiger partial charge in [-0.25, -0.2) is 14.3 Å². The minimum absolute atomic E-state index is 0.0386. The molecule has 15 nitrogen and oxygen atoms in total. The van der Waals surface area contributed by atoms with E-state index in [1.807, 2.05) is 5.09 Å². The molecule has 8 N–H and O–H groups in total. The number of ether oxygens (including phenoxy) is 1. The lowest BCUT2D eigenvalue weighted by atomic mass is 10.1. The van der Waals surface area contributed by atoms with Crippen molar-refractivity contribution in [2.75, 3.05) is 19.4 Å². The number of imidazole rings is 1. The van der Waals surface area contributed by atoms with Crippen molar-refractivity contribution < 1.29 is 33.7 Å². The predicted molar refractivity (Wildman–Crippen MR) is 108 cm³/mol. The van der Waals surface area contributed by atoms with Crippen LogP contribution in [0.5, 0.6) is 0 Å². The van der Waals surface area contributed by atoms with E-state index in [4.69, 9.17) is 15.0 Å². The second-order valence-corrected chi connectivity index (χ2v) is 8.51. The van der Waals surface area contributed by atoms with Crippen molar-refractivity contribution in [2.24, 2.45) is 0 Å². The van der Waals surface area contributed by atoms with Crippen LogP contribution in [0.1, 0.15) is 11.9 Å². The Bertz CT molecular complexity index is 1030. The highest BCUT2D eigenvalue weighted by Gasteiger charge is 2.45. The van der Waals surface area contributed by atoms with Crippen molar-refractivity contribution in [3.8, 4) is 0 Å². The summed E-state index contributed by atoms with van der Waals surface area (Å²) in [5.41, 5.74) is 5.16. The van der Waals surface area contributed by atoms with Crippen molar-refractivity contribution in [3.05, 3.63) is 41.0 Å². The molecule has 1 aliphatic heterocycles. The van der Waals surface area contributed by atoms with E-state index in [2.05, 4.69) is 20.3 Å². The molecular formula is C16H24N7O8P. The summed E-state index contributed by atoms with van der Waals surface area (Å²) < 4.78 is 23.5. The Labute approximate surface area is 181 Å². The van der Waals surface area contributed by atoms with Crippen LogP contribution >= 0.6 is 7.75 Å². The van der Waals surface area contributed by atoms with Crippen LogP contribution in [-0.2, 0) is 25.0 Å². The maximum Gasteiger partial charge on any atom is 0.432 e. The van der Waals surface area contributed by atoms with Gasteiger partial charge >= 0.3 is 13.4 Å². The van der Waals surface area contributed by atoms with Gasteiger partial charge in [0.1, 0.15) is 24.1 Å². The topological polar surface area (TPSA) is 227 Å². The first-order valence-electron chi connectivity index (χ1n) is 9.42. The third-order valence-electron chi connectivity index (χ3n) is 4.76. The van der Waals surface area contributed by atoms with Crippen LogP contribution < -0.4 is 21.8 Å². The van der Waals surface area contributed by atoms with Gasteiger partial charge in [-0.05, 0) is 13.1 Å². The van der Waals surface area contributed by atoms with Gasteiger partial charge in [-0.3, -0.25) is 19.0 Å². The number of anilines is 1. The zero-order valence-electron chi connectivity index (χ0n) is 16.9. The Balaban J connectivity index is 1.59. The highest BCUT2D eigenvalue weighted by molar-refractivity contribution is 7.51. The van der Waals surface area contributed by atoms with Crippen LogP contribution in [0, 0.1) is 0 Å². The Morgan fingerprint density at radius 1 is 1.47 bits per heavy atom. The number of rotatable bonds is 9. The molecule has 0 spiro atoms. The lowest BCUT2D eigenvalue weighted by molar-refractivity contribution is -0.121. The van der Waals surface area contributed by atoms with Gasteiger partial charge in [0.05, 0.1) is 24.7 Å². The zero-order chi connectivity index (χ0) is 23.5. The van der Waals surface area contributed by atoms with Gasteiger partial charge in [0.2, 0.25) is 5.91 Å². The summed E-state index contributed by atoms with van der Waals surface area (Å²) in [4.78, 5) is 44.5. The normalized spacial score (nSPS) is 25.9. The lowest BCUT2D eigenvalue weighted by Gasteiger charge is -2.20. The Hall–Kier alpha value is -2.65. The maximum absolute atomic E-state index is 12.3. The number of hydrogen-bond acceptors (Lipinski definition) is 11. The number of nitrogens with one attached hydrogen (secondary N) is 3. The average molecular weight is 473 g/mol. The molecule has 3 rings (SSSR count). The van der Waals surface area contributed by atoms with Gasteiger partial charge in [-0.1, -0.05) is 0 Å². The van der Waals surface area contributed by atoms with E-state index in [-0.39, 0.29) is 12.2 Å². The van der Waals surface area contributed by atoms with E-state index < -0.39 is 56.5 Å². The molecule has 1 aliphatic rings. The van der Waals surface area contributed by atoms with Gasteiger partial charge in [0.15, 0.2) is 6.23 Å². The van der Waals surface area contributed by atoms with Gasteiger partial charge in [0, 0.05) is 18.8 Å². The number of nitrogens with two attached hydrogens (primary N) is 1. The van der Waals surface area contributed by atoms with Crippen LogP contribution in [0.15, 0.2) is 29.6 Å². The number of aliphatic hydroxyl groups excluding tert-OH is 2. The molecule has 0 saturated carbocycles. The highest BCUT2D eigenvalue weighted by atomic mass is 31.2. The fraction of sp³-hybridized carbons (Fsp3) is 0.500. The molecule has 1 fully saturated rings. The first kappa shape index (κ1) is 24.0. The van der Waals surface area contributed by atoms with Crippen molar-refractivity contribution in [1.29, 1.82) is 0 Å². The quantitative estimate of drug-likeness (QED) is 0.184. The van der Waals surface area contributed by atoms with Crippen LogP contribution in [0.2, 0.25) is 0 Å². The number of carbonyl (C=O) groups is 1. The fourth-order valence-corrected chi connectivity index (χ4v) is 3.93. The molecule has 2 aromatic rings. The molecule has 1 saturated heterocycles. The summed E-state index contributed by atoms with van der Waals surface area (Å²) >= 11 is 0. The predicted octanol–water partition coefficient (Wildman–Crippen LogP) is -2.77. The standard InChI is InChI=1S/C16H24N7O8P/c1-18-9(4-8-5-19-7-20-8)14(26)22-32(28,29)30-6-10-12(24)13(25)15(31-10)23-3-2-11(17)21-16(23)27/h2-3,5,7,9-10,12-13,15,18,24-25H,4,6H2,1H3,(H,19,20)(H2,17,21,27)(H2,22,26,28,29)/t9-,10+,12+,13+,15+/m0/s1. The average Bonchev–Trinajstić information content (AvgIpc) is 3.33. The second-order valence-electron chi connectivity index (χ2n) is 6.99. The molecule has 1 amide bonds. The number of nitrogen functional groups attached to an aromatic ring is 1. The zero-order valence-corrected chi connectivity index (χ0v) is 17.8. The largest absolute Gasteiger partial charge is 0.432 e. The Kier molecular flexibility index (Phi) is 7.40. The highest BCUT2D eigenvalue weighted by Crippen LogP contribution is 2.39. The van der Waals surface area contributed by atoms with Crippen molar-refractivity contribution in [1.82, 2.24) is 29.9 Å². The summed E-state index contributed by atoms with van der Waals surface area (Å²) in [5.74, 6) is -0.852. The SMILES string of the molecule is CN[C@@H](Cc1c[nH]cn1)C(=O)NP(=O)(O)OC[C@H]1O[C@@H](n2ccc(N)nc2=O)[C@H](O)[C@@H]1O. The third-order valence-corrected chi connectivity index (χ3v) is 5.76. The van der Waals surface area contributed by atoms with E-state index in [0.29, 0.717) is 5.69 Å². The Morgan fingerprint density at radius 3 is 2.84 bits per heavy atom. The van der Waals surface area contributed by atoms with E-state index in [1.165, 1.54) is 25.6 Å². The number of H-pyrrole nitrogens is 1. The number of aromatic nitrogens is 4. The van der Waals surface area contributed by atoms with Crippen LogP contribution in [0.4, 0.5) is 5.82 Å². The second kappa shape index (κ2) is 9.87. The monoisotopic (exact) mass is 473 g/mol. The van der Waals surface area contributed by atoms with E-state index in [0.717, 1.165) is 4.57 Å². The number of nitrogens with zero attached hydrogens (tertiary/aromatic N) is 3. The first-order chi connectivity index (χ1) is 15.1. The molecule has 16 heteroatoms. The van der Waals surface area contributed by atoms with Gasteiger partial charge < -0.3 is 35.9 Å². The molecule has 2 aromatic heterocycles. The molecule has 176 valence electrons. The summed E-state index contributed by atoms with van der Waals surface area (Å²) in [7, 11) is -3.15. The Morgan fingerprint density at radius 2 is 2.22 bits per heavy atom. The summed E-state index contributed by atoms with van der Waals surface area (Å²) in [5, 5.41) is 25.0. The molecular weight excluding hydrogens is 449 g/mol. The first-order valence-corrected chi connectivity index (χ1v) is 11.0. The number of amides is 1. The van der Waals surface area contributed by atoms with Crippen LogP contribution in [0.3, 0.4) is 0 Å². The van der Waals surface area contributed by atoms with Gasteiger partial charge in [0.25, 0.3) is 0 Å². The smallest absolute Gasteiger partial charge is 0.387 e. The third kappa shape index (κ3) is 5.58. The lowest BCUT2D eigenvalue weighted by Crippen LogP contribution is -2.43. The number of aliphatic hydroxyl groups is 2. The summed E-state index contributed by atoms with van der Waals surface area (Å²) in [6, 6.07) is 0.429. The molecule has 1 unspecified atom stereocenters. The number of aromatic amines is 1. The van der Waals surface area contributed by atoms with Gasteiger partial charge in [-0.15, -0.1) is 0 Å². The molecule has 0 bridgehead atoms. The van der Waals surface area contributed by atoms with Crippen LogP contribution in [0.25, 0.3) is 0 Å². The maximum atomic E-state index is 12.3. The molecule has 6 atom stereocenters. The summed E-state index contributed by atoms with van der Waals surface area (Å²) in [6.45, 7) is -0.663. The number of hydrogen-bond donors (Lipinski definition) is 7. The number of likely N-dealkylation sites (N-methyl/N-ethyl adjacent to an activating group) is 1. The van der Waals surface area contributed by atoms with E-state index in [1.54, 1.807) is 6.20 Å². The molecule has 0 aromatic carbocycles. The van der Waals surface area contributed by atoms with E-state index >= 15 is 0 Å². The molecule has 32 heavy (non-hydrogen) atoms. The van der Waals surface area contributed by atoms with Crippen molar-refractivity contribution in [3.63, 3.8) is 0 Å². The summed E-state index contributed by atoms with van der Waals surface area (Å²) in [6.07, 6.45) is -1.32. The molecule has 0 aliphatic carbocycles. The molecule has 0 radical (unpaired) electrons. The number of carbonyl (C=O) groups excluding carboxylic acids is 1. The van der Waals surface area contributed by atoms with Crippen LogP contribution in [-0.4, -0.2) is 78.5 Å². The minimum Gasteiger partial charge on any atom is -0.387 e. The minimum atomic E-state index is -4.65. The van der Waals surface area contributed by atoms with E-state index in [9.17, 15) is 29.3 Å². The molecule has 3 heterocycles. The van der Waals surface area contributed by atoms with Crippen molar-refractivity contribution in [2.45, 2.75) is 37.0 Å². The van der Waals surface area contributed by atoms with Crippen molar-refractivity contribution >= 4 is 19.5 Å². The fourth-order valence-electron chi connectivity index (χ4n) is 3.08. The van der Waals surface area contributed by atoms with Gasteiger partial charge in [-0.2, -0.15) is 4.98 Å².